The molecule has 1 aromatic heterocycles. The quantitative estimate of drug-likeness (QED) is 0.875. The van der Waals surface area contributed by atoms with Gasteiger partial charge in [-0.1, -0.05) is 13.8 Å². The zero-order valence-electron chi connectivity index (χ0n) is 10.6. The first kappa shape index (κ1) is 12.8. The first-order valence-corrected chi connectivity index (χ1v) is 6.14. The summed E-state index contributed by atoms with van der Waals surface area (Å²) in [5, 5.41) is 9.14. The van der Waals surface area contributed by atoms with Crippen molar-refractivity contribution in [3.8, 4) is 0 Å². The number of carboxylic acid groups (broad SMARTS) is 1. The fourth-order valence-corrected chi connectivity index (χ4v) is 2.01. The third-order valence-electron chi connectivity index (χ3n) is 2.89. The predicted molar refractivity (Wildman–Crippen MR) is 66.4 cm³/mol. The first-order chi connectivity index (χ1) is 8.49. The number of hydrogen-bond acceptors (Lipinski definition) is 3. The fraction of sp³-hybridized carbons (Fsp3) is 0.538. The van der Waals surface area contributed by atoms with Gasteiger partial charge in [0.2, 0.25) is 0 Å². The van der Waals surface area contributed by atoms with Crippen molar-refractivity contribution in [2.24, 2.45) is 5.92 Å². The summed E-state index contributed by atoms with van der Waals surface area (Å²) in [6, 6.07) is 1.39. The molecule has 0 unspecified atom stereocenters. The van der Waals surface area contributed by atoms with Gasteiger partial charge in [-0.15, -0.1) is 0 Å². The highest BCUT2D eigenvalue weighted by Crippen LogP contribution is 2.33. The van der Waals surface area contributed by atoms with Crippen LogP contribution in [0, 0.1) is 11.7 Å². The first-order valence-electron chi connectivity index (χ1n) is 6.14. The van der Waals surface area contributed by atoms with Crippen molar-refractivity contribution in [1.82, 2.24) is 4.98 Å². The van der Waals surface area contributed by atoms with Crippen molar-refractivity contribution in [3.63, 3.8) is 0 Å². The highest BCUT2D eigenvalue weighted by molar-refractivity contribution is 5.93. The van der Waals surface area contributed by atoms with Gasteiger partial charge in [-0.05, 0) is 24.8 Å². The van der Waals surface area contributed by atoms with E-state index < -0.39 is 11.8 Å². The van der Waals surface area contributed by atoms with Gasteiger partial charge in [0, 0.05) is 12.6 Å². The molecule has 1 aliphatic carbocycles. The number of nitrogens with zero attached hydrogens (tertiary/aromatic N) is 2. The molecule has 1 N–H and O–H groups in total. The van der Waals surface area contributed by atoms with E-state index in [1.165, 1.54) is 0 Å². The molecular weight excluding hydrogens is 235 g/mol. The molecule has 1 fully saturated rings. The zero-order valence-corrected chi connectivity index (χ0v) is 10.6. The molecule has 0 atom stereocenters. The van der Waals surface area contributed by atoms with Gasteiger partial charge in [0.15, 0.2) is 0 Å². The SMILES string of the molecule is CC(C)CN(c1ncc(F)cc1C(=O)O)C1CC1. The van der Waals surface area contributed by atoms with E-state index >= 15 is 0 Å². The minimum absolute atomic E-state index is 0.0532. The van der Waals surface area contributed by atoms with Gasteiger partial charge in [0.25, 0.3) is 0 Å². The third kappa shape index (κ3) is 2.78. The van der Waals surface area contributed by atoms with Gasteiger partial charge in [-0.3, -0.25) is 0 Å². The Labute approximate surface area is 105 Å². The van der Waals surface area contributed by atoms with Crippen LogP contribution in [-0.4, -0.2) is 28.6 Å². The molecule has 0 saturated heterocycles. The van der Waals surface area contributed by atoms with Crippen LogP contribution in [0.2, 0.25) is 0 Å². The number of carboxylic acids is 1. The molecule has 18 heavy (non-hydrogen) atoms. The highest BCUT2D eigenvalue weighted by Gasteiger charge is 2.32. The summed E-state index contributed by atoms with van der Waals surface area (Å²) < 4.78 is 13.1. The number of halogens is 1. The Morgan fingerprint density at radius 1 is 1.61 bits per heavy atom. The Morgan fingerprint density at radius 3 is 2.78 bits per heavy atom. The van der Waals surface area contributed by atoms with Gasteiger partial charge in [-0.25, -0.2) is 14.2 Å². The van der Waals surface area contributed by atoms with E-state index in [4.69, 9.17) is 5.11 Å². The van der Waals surface area contributed by atoms with Crippen LogP contribution in [0.15, 0.2) is 12.3 Å². The lowest BCUT2D eigenvalue weighted by Gasteiger charge is -2.26. The van der Waals surface area contributed by atoms with E-state index in [-0.39, 0.29) is 5.56 Å². The molecule has 1 heterocycles. The summed E-state index contributed by atoms with van der Waals surface area (Å²) in [5.74, 6) is -0.956. The minimum Gasteiger partial charge on any atom is -0.478 e. The topological polar surface area (TPSA) is 53.4 Å². The average Bonchev–Trinajstić information content (AvgIpc) is 3.09. The van der Waals surface area contributed by atoms with E-state index in [0.29, 0.717) is 17.8 Å². The Morgan fingerprint density at radius 2 is 2.28 bits per heavy atom. The van der Waals surface area contributed by atoms with Crippen LogP contribution in [-0.2, 0) is 0 Å². The highest BCUT2D eigenvalue weighted by atomic mass is 19.1. The van der Waals surface area contributed by atoms with Crippen LogP contribution in [0.1, 0.15) is 37.0 Å². The lowest BCUT2D eigenvalue weighted by molar-refractivity contribution is 0.0696. The van der Waals surface area contributed by atoms with Crippen LogP contribution in [0.3, 0.4) is 0 Å². The predicted octanol–water partition coefficient (Wildman–Crippen LogP) is 2.54. The van der Waals surface area contributed by atoms with E-state index in [9.17, 15) is 9.18 Å². The average molecular weight is 252 g/mol. The molecule has 1 aromatic rings. The second-order valence-electron chi connectivity index (χ2n) is 5.11. The zero-order chi connectivity index (χ0) is 13.3. The molecule has 0 radical (unpaired) electrons. The Kier molecular flexibility index (Phi) is 3.50. The maximum Gasteiger partial charge on any atom is 0.339 e. The van der Waals surface area contributed by atoms with Crippen molar-refractivity contribution < 1.29 is 14.3 Å². The van der Waals surface area contributed by atoms with Crippen molar-refractivity contribution in [2.75, 3.05) is 11.4 Å². The molecule has 0 aromatic carbocycles. The van der Waals surface area contributed by atoms with E-state index in [1.807, 2.05) is 4.90 Å². The van der Waals surface area contributed by atoms with Crippen LogP contribution in [0.5, 0.6) is 0 Å². The lowest BCUT2D eigenvalue weighted by Crippen LogP contribution is -2.32. The monoisotopic (exact) mass is 252 g/mol. The van der Waals surface area contributed by atoms with Crippen LogP contribution in [0.4, 0.5) is 10.2 Å². The number of carbonyl (C=O) groups is 1. The Hall–Kier alpha value is -1.65. The summed E-state index contributed by atoms with van der Waals surface area (Å²) in [7, 11) is 0. The third-order valence-corrected chi connectivity index (χ3v) is 2.89. The van der Waals surface area contributed by atoms with Crippen LogP contribution < -0.4 is 4.90 Å². The maximum absolute atomic E-state index is 13.1. The molecule has 5 heteroatoms. The molecular formula is C13H17FN2O2. The van der Waals surface area contributed by atoms with Gasteiger partial charge in [0.1, 0.15) is 17.2 Å². The van der Waals surface area contributed by atoms with Crippen molar-refractivity contribution in [3.05, 3.63) is 23.6 Å². The summed E-state index contributed by atoms with van der Waals surface area (Å²) >= 11 is 0. The molecule has 2 rings (SSSR count). The summed E-state index contributed by atoms with van der Waals surface area (Å²) in [6.07, 6.45) is 3.17. The van der Waals surface area contributed by atoms with Gasteiger partial charge < -0.3 is 10.0 Å². The lowest BCUT2D eigenvalue weighted by atomic mass is 10.1. The molecule has 98 valence electrons. The molecule has 0 bridgehead atoms. The standard InChI is InChI=1S/C13H17FN2O2/c1-8(2)7-16(10-3-4-10)12-11(13(17)18)5-9(14)6-15-12/h5-6,8,10H,3-4,7H2,1-2H3,(H,17,18). The molecule has 0 amide bonds. The normalized spacial score (nSPS) is 14.9. The van der Waals surface area contributed by atoms with Gasteiger partial charge in [-0.2, -0.15) is 0 Å². The van der Waals surface area contributed by atoms with E-state index in [2.05, 4.69) is 18.8 Å². The van der Waals surface area contributed by atoms with Gasteiger partial charge in [0.05, 0.1) is 6.20 Å². The molecule has 0 spiro atoms. The number of aromatic nitrogens is 1. The number of hydrogen-bond donors (Lipinski definition) is 1. The fourth-order valence-electron chi connectivity index (χ4n) is 2.01. The largest absolute Gasteiger partial charge is 0.478 e. The summed E-state index contributed by atoms with van der Waals surface area (Å²) in [5.41, 5.74) is -0.0532. The van der Waals surface area contributed by atoms with Gasteiger partial charge >= 0.3 is 5.97 Å². The number of pyridine rings is 1. The van der Waals surface area contributed by atoms with Crippen LogP contribution >= 0.6 is 0 Å². The van der Waals surface area contributed by atoms with E-state index in [1.54, 1.807) is 0 Å². The maximum atomic E-state index is 13.1. The Balaban J connectivity index is 2.37. The minimum atomic E-state index is -1.13. The molecule has 1 aliphatic rings. The summed E-state index contributed by atoms with van der Waals surface area (Å²) in [6.45, 7) is 4.88. The van der Waals surface area contributed by atoms with Crippen molar-refractivity contribution in [1.29, 1.82) is 0 Å². The Bertz CT molecular complexity index is 458. The smallest absolute Gasteiger partial charge is 0.339 e. The number of anilines is 1. The van der Waals surface area contributed by atoms with Crippen molar-refractivity contribution >= 4 is 11.8 Å². The number of aromatic carboxylic acids is 1. The molecule has 4 nitrogen and oxygen atoms in total. The number of rotatable bonds is 5. The molecule has 1 saturated carbocycles. The second kappa shape index (κ2) is 4.92. The summed E-state index contributed by atoms with van der Waals surface area (Å²) in [4.78, 5) is 17.2. The van der Waals surface area contributed by atoms with Crippen LogP contribution in [0.25, 0.3) is 0 Å². The van der Waals surface area contributed by atoms with Crippen molar-refractivity contribution in [2.45, 2.75) is 32.7 Å². The van der Waals surface area contributed by atoms with E-state index in [0.717, 1.165) is 31.6 Å². The molecule has 0 aliphatic heterocycles. The second-order valence-corrected chi connectivity index (χ2v) is 5.11.